The van der Waals surface area contributed by atoms with Crippen LogP contribution in [0.2, 0.25) is 0 Å². The fourth-order valence-electron chi connectivity index (χ4n) is 2.35. The Bertz CT molecular complexity index is 209. The van der Waals surface area contributed by atoms with E-state index in [1.807, 2.05) is 0 Å². The van der Waals surface area contributed by atoms with Crippen molar-refractivity contribution in [1.29, 1.82) is 0 Å². The van der Waals surface area contributed by atoms with Crippen molar-refractivity contribution in [3.8, 4) is 0 Å². The molecule has 1 aliphatic carbocycles. The zero-order valence-corrected chi connectivity index (χ0v) is 8.74. The molecule has 1 saturated carbocycles. The summed E-state index contributed by atoms with van der Waals surface area (Å²) in [6.07, 6.45) is 7.58. The second-order valence-corrected chi connectivity index (χ2v) is 4.34. The average Bonchev–Trinajstić information content (AvgIpc) is 2.68. The van der Waals surface area contributed by atoms with E-state index in [-0.39, 0.29) is 0 Å². The zero-order valence-electron chi connectivity index (χ0n) is 8.74. The summed E-state index contributed by atoms with van der Waals surface area (Å²) in [6.45, 7) is 1.48. The highest BCUT2D eigenvalue weighted by Crippen LogP contribution is 2.27. The van der Waals surface area contributed by atoms with Gasteiger partial charge in [-0.3, -0.25) is 0 Å². The van der Waals surface area contributed by atoms with Crippen LogP contribution in [0, 0.1) is 5.92 Å². The van der Waals surface area contributed by atoms with Gasteiger partial charge in [-0.25, -0.2) is 4.99 Å². The molecule has 1 atom stereocenters. The van der Waals surface area contributed by atoms with Gasteiger partial charge in [0, 0.05) is 5.92 Å². The number of rotatable bonds is 3. The summed E-state index contributed by atoms with van der Waals surface area (Å²) in [4.78, 5) is 4.62. The summed E-state index contributed by atoms with van der Waals surface area (Å²) >= 11 is 0. The molecule has 1 aliphatic heterocycles. The summed E-state index contributed by atoms with van der Waals surface area (Å²) in [7, 11) is 0. The third-order valence-electron chi connectivity index (χ3n) is 3.19. The summed E-state index contributed by atoms with van der Waals surface area (Å²) in [5, 5.41) is 0. The molecule has 2 aliphatic rings. The van der Waals surface area contributed by atoms with Gasteiger partial charge in [-0.05, 0) is 25.8 Å². The van der Waals surface area contributed by atoms with Gasteiger partial charge in [-0.1, -0.05) is 19.3 Å². The molecule has 80 valence electrons. The van der Waals surface area contributed by atoms with Crippen molar-refractivity contribution < 1.29 is 4.74 Å². The molecule has 0 aromatic heterocycles. The van der Waals surface area contributed by atoms with Crippen LogP contribution in [0.25, 0.3) is 0 Å². The van der Waals surface area contributed by atoms with E-state index in [1.54, 1.807) is 0 Å². The van der Waals surface area contributed by atoms with E-state index in [1.165, 1.54) is 32.1 Å². The van der Waals surface area contributed by atoms with Crippen LogP contribution < -0.4 is 5.73 Å². The molecule has 3 nitrogen and oxygen atoms in total. The Balaban J connectivity index is 1.87. The molecule has 2 N–H and O–H groups in total. The van der Waals surface area contributed by atoms with Gasteiger partial charge in [0.15, 0.2) is 5.90 Å². The van der Waals surface area contributed by atoms with Crippen molar-refractivity contribution in [2.45, 2.75) is 44.6 Å². The van der Waals surface area contributed by atoms with Crippen LogP contribution in [0.15, 0.2) is 4.99 Å². The monoisotopic (exact) mass is 196 g/mol. The van der Waals surface area contributed by atoms with Crippen LogP contribution in [-0.2, 0) is 4.74 Å². The molecule has 0 aromatic rings. The van der Waals surface area contributed by atoms with Crippen molar-refractivity contribution in [2.24, 2.45) is 16.6 Å². The summed E-state index contributed by atoms with van der Waals surface area (Å²) in [6, 6.07) is 0.344. The van der Waals surface area contributed by atoms with Crippen molar-refractivity contribution in [2.75, 3.05) is 13.2 Å². The Morgan fingerprint density at radius 1 is 1.29 bits per heavy atom. The fraction of sp³-hybridized carbons (Fsp3) is 0.909. The Kier molecular flexibility index (Phi) is 3.40. The zero-order chi connectivity index (χ0) is 9.80. The molecule has 1 unspecified atom stereocenters. The SMILES string of the molecule is NCCC1COC(C2CCCCC2)=N1. The lowest BCUT2D eigenvalue weighted by Gasteiger charge is -2.20. The number of nitrogens with zero attached hydrogens (tertiary/aromatic N) is 1. The average molecular weight is 196 g/mol. The lowest BCUT2D eigenvalue weighted by molar-refractivity contribution is 0.279. The largest absolute Gasteiger partial charge is 0.478 e. The molecule has 0 bridgehead atoms. The maximum absolute atomic E-state index is 5.65. The van der Waals surface area contributed by atoms with Gasteiger partial charge in [0.1, 0.15) is 6.61 Å². The number of aliphatic imine (C=N–C) groups is 1. The van der Waals surface area contributed by atoms with E-state index < -0.39 is 0 Å². The smallest absolute Gasteiger partial charge is 0.186 e. The van der Waals surface area contributed by atoms with Crippen molar-refractivity contribution in [1.82, 2.24) is 0 Å². The predicted octanol–water partition coefficient (Wildman–Crippen LogP) is 1.71. The Hall–Kier alpha value is -0.570. The van der Waals surface area contributed by atoms with Gasteiger partial charge in [0.05, 0.1) is 6.04 Å². The molecule has 3 heteroatoms. The maximum atomic E-state index is 5.65. The number of hydrogen-bond acceptors (Lipinski definition) is 3. The molecular formula is C11H20N2O. The number of hydrogen-bond donors (Lipinski definition) is 1. The minimum absolute atomic E-state index is 0.344. The highest BCUT2D eigenvalue weighted by atomic mass is 16.5. The molecule has 0 saturated heterocycles. The topological polar surface area (TPSA) is 47.6 Å². The first-order valence-electron chi connectivity index (χ1n) is 5.80. The Morgan fingerprint density at radius 2 is 2.07 bits per heavy atom. The first kappa shape index (κ1) is 9.97. The highest BCUT2D eigenvalue weighted by Gasteiger charge is 2.26. The highest BCUT2D eigenvalue weighted by molar-refractivity contribution is 5.80. The number of ether oxygens (including phenoxy) is 1. The molecule has 14 heavy (non-hydrogen) atoms. The molecule has 0 amide bonds. The fourth-order valence-corrected chi connectivity index (χ4v) is 2.35. The first-order valence-corrected chi connectivity index (χ1v) is 5.80. The van der Waals surface area contributed by atoms with Gasteiger partial charge < -0.3 is 10.5 Å². The van der Waals surface area contributed by atoms with Crippen LogP contribution in [0.1, 0.15) is 38.5 Å². The molecule has 1 heterocycles. The summed E-state index contributed by atoms with van der Waals surface area (Å²) < 4.78 is 5.65. The van der Waals surface area contributed by atoms with E-state index in [2.05, 4.69) is 4.99 Å². The van der Waals surface area contributed by atoms with Gasteiger partial charge in [-0.2, -0.15) is 0 Å². The Morgan fingerprint density at radius 3 is 2.79 bits per heavy atom. The third kappa shape index (κ3) is 2.27. The summed E-state index contributed by atoms with van der Waals surface area (Å²) in [5.74, 6) is 1.65. The van der Waals surface area contributed by atoms with Gasteiger partial charge in [0.2, 0.25) is 0 Å². The quantitative estimate of drug-likeness (QED) is 0.747. The van der Waals surface area contributed by atoms with E-state index in [0.29, 0.717) is 12.0 Å². The van der Waals surface area contributed by atoms with Gasteiger partial charge in [0.25, 0.3) is 0 Å². The van der Waals surface area contributed by atoms with Crippen LogP contribution in [0.5, 0.6) is 0 Å². The second kappa shape index (κ2) is 4.78. The van der Waals surface area contributed by atoms with Crippen LogP contribution in [0.3, 0.4) is 0 Å². The second-order valence-electron chi connectivity index (χ2n) is 4.34. The minimum Gasteiger partial charge on any atom is -0.478 e. The van der Waals surface area contributed by atoms with Gasteiger partial charge >= 0.3 is 0 Å². The third-order valence-corrected chi connectivity index (χ3v) is 3.19. The van der Waals surface area contributed by atoms with Crippen LogP contribution in [-0.4, -0.2) is 25.1 Å². The van der Waals surface area contributed by atoms with E-state index in [9.17, 15) is 0 Å². The van der Waals surface area contributed by atoms with Crippen LogP contribution in [0.4, 0.5) is 0 Å². The lowest BCUT2D eigenvalue weighted by Crippen LogP contribution is -2.17. The van der Waals surface area contributed by atoms with Gasteiger partial charge in [-0.15, -0.1) is 0 Å². The summed E-state index contributed by atoms with van der Waals surface area (Å²) in [5.41, 5.74) is 5.51. The molecule has 0 aromatic carbocycles. The van der Waals surface area contributed by atoms with E-state index in [4.69, 9.17) is 10.5 Å². The van der Waals surface area contributed by atoms with E-state index >= 15 is 0 Å². The lowest BCUT2D eigenvalue weighted by atomic mass is 9.89. The van der Waals surface area contributed by atoms with Crippen LogP contribution >= 0.6 is 0 Å². The molecule has 2 rings (SSSR count). The standard InChI is InChI=1S/C11H20N2O/c12-7-6-10-8-14-11(13-10)9-4-2-1-3-5-9/h9-10H,1-8,12H2. The minimum atomic E-state index is 0.344. The number of nitrogens with two attached hydrogens (primary N) is 1. The molecule has 1 fully saturated rings. The molecule has 0 spiro atoms. The maximum Gasteiger partial charge on any atom is 0.186 e. The van der Waals surface area contributed by atoms with Crippen molar-refractivity contribution in [3.05, 3.63) is 0 Å². The Labute approximate surface area is 85.7 Å². The molecular weight excluding hydrogens is 176 g/mol. The van der Waals surface area contributed by atoms with E-state index in [0.717, 1.165) is 25.5 Å². The normalized spacial score (nSPS) is 28.6. The van der Waals surface area contributed by atoms with Crippen molar-refractivity contribution in [3.63, 3.8) is 0 Å². The molecule has 0 radical (unpaired) electrons. The predicted molar refractivity (Wildman–Crippen MR) is 57.4 cm³/mol. The first-order chi connectivity index (χ1) is 6.90. The van der Waals surface area contributed by atoms with Crippen molar-refractivity contribution >= 4 is 5.90 Å².